The van der Waals surface area contributed by atoms with Crippen molar-refractivity contribution < 1.29 is 27.4 Å². The second-order valence-corrected chi connectivity index (χ2v) is 7.36. The number of ether oxygens (including phenoxy) is 3. The van der Waals surface area contributed by atoms with Crippen LogP contribution in [-0.4, -0.2) is 46.7 Å². The summed E-state index contributed by atoms with van der Waals surface area (Å²) in [5.41, 5.74) is -0.0914. The van der Waals surface area contributed by atoms with E-state index in [1.54, 1.807) is 18.2 Å². The Bertz CT molecular complexity index is 905. The molecule has 1 fully saturated rings. The van der Waals surface area contributed by atoms with Gasteiger partial charge in [0.2, 0.25) is 0 Å². The summed E-state index contributed by atoms with van der Waals surface area (Å²) in [4.78, 5) is 15.9. The van der Waals surface area contributed by atoms with Gasteiger partial charge in [0, 0.05) is 13.3 Å². The molecule has 0 unspecified atom stereocenters. The van der Waals surface area contributed by atoms with Crippen LogP contribution in [0.15, 0.2) is 47.5 Å². The molecule has 3 rings (SSSR count). The lowest BCUT2D eigenvalue weighted by molar-refractivity contribution is -0.202. The molecular weight excluding hydrogens is 360 g/mol. The number of nitrogens with one attached hydrogen (secondary N) is 1. The van der Waals surface area contributed by atoms with E-state index in [0.29, 0.717) is 18.8 Å². The van der Waals surface area contributed by atoms with Crippen molar-refractivity contribution >= 4 is 15.9 Å². The van der Waals surface area contributed by atoms with Gasteiger partial charge in [-0.3, -0.25) is 9.78 Å². The summed E-state index contributed by atoms with van der Waals surface area (Å²) >= 11 is 0. The maximum atomic E-state index is 12.8. The van der Waals surface area contributed by atoms with Gasteiger partial charge in [-0.2, -0.15) is 0 Å². The zero-order valence-corrected chi connectivity index (χ0v) is 15.1. The second-order valence-electron chi connectivity index (χ2n) is 5.71. The molecule has 0 atom stereocenters. The first-order chi connectivity index (χ1) is 12.4. The van der Waals surface area contributed by atoms with E-state index in [0.717, 1.165) is 0 Å². The van der Waals surface area contributed by atoms with Crippen LogP contribution in [0.5, 0.6) is 5.75 Å². The molecule has 9 heteroatoms. The number of hydrogen-bond donors (Lipinski definition) is 1. The third-order valence-corrected chi connectivity index (χ3v) is 5.52. The van der Waals surface area contributed by atoms with E-state index in [-0.39, 0.29) is 16.3 Å². The van der Waals surface area contributed by atoms with Crippen LogP contribution in [0, 0.1) is 0 Å². The number of methoxy groups -OCH3 is 2. The fourth-order valence-electron chi connectivity index (χ4n) is 2.59. The van der Waals surface area contributed by atoms with E-state index < -0.39 is 21.5 Å². The molecule has 1 amide bonds. The zero-order valence-electron chi connectivity index (χ0n) is 14.3. The van der Waals surface area contributed by atoms with Gasteiger partial charge in [-0.1, -0.05) is 12.1 Å². The van der Waals surface area contributed by atoms with Crippen molar-refractivity contribution in [2.24, 2.45) is 0 Å². The highest BCUT2D eigenvalue weighted by molar-refractivity contribution is 7.90. The summed E-state index contributed by atoms with van der Waals surface area (Å²) in [6.45, 7) is 0.630. The second kappa shape index (κ2) is 7.02. The highest BCUT2D eigenvalue weighted by atomic mass is 32.2. The predicted octanol–water partition coefficient (Wildman–Crippen LogP) is 1.08. The molecule has 1 aromatic heterocycles. The largest absolute Gasteiger partial charge is 0.495 e. The first-order valence-corrected chi connectivity index (χ1v) is 9.20. The van der Waals surface area contributed by atoms with Crippen molar-refractivity contribution in [3.8, 4) is 5.75 Å². The van der Waals surface area contributed by atoms with Crippen LogP contribution in [0.2, 0.25) is 0 Å². The SMILES string of the molecule is COc1ccc(C2(OC)COC2)cc1S(=O)(=O)NC(=O)c1ccccn1. The Morgan fingerprint density at radius 1 is 1.23 bits per heavy atom. The number of carbonyl (C=O) groups is 1. The molecule has 26 heavy (non-hydrogen) atoms. The normalized spacial score (nSPS) is 15.8. The van der Waals surface area contributed by atoms with Crippen LogP contribution >= 0.6 is 0 Å². The van der Waals surface area contributed by atoms with E-state index in [4.69, 9.17) is 14.2 Å². The van der Waals surface area contributed by atoms with E-state index >= 15 is 0 Å². The van der Waals surface area contributed by atoms with Gasteiger partial charge in [0.1, 0.15) is 21.9 Å². The number of benzene rings is 1. The minimum absolute atomic E-state index is 0.00745. The molecule has 1 saturated heterocycles. The number of hydrogen-bond acceptors (Lipinski definition) is 7. The van der Waals surface area contributed by atoms with Gasteiger partial charge in [0.15, 0.2) is 0 Å². The number of carbonyl (C=O) groups excluding carboxylic acids is 1. The summed E-state index contributed by atoms with van der Waals surface area (Å²) in [6.07, 6.45) is 1.40. The van der Waals surface area contributed by atoms with E-state index in [9.17, 15) is 13.2 Å². The quantitative estimate of drug-likeness (QED) is 0.802. The highest BCUT2D eigenvalue weighted by Crippen LogP contribution is 2.36. The third-order valence-electron chi connectivity index (χ3n) is 4.17. The van der Waals surface area contributed by atoms with Gasteiger partial charge < -0.3 is 14.2 Å². The Labute approximate surface area is 151 Å². The minimum Gasteiger partial charge on any atom is -0.495 e. The fraction of sp³-hybridized carbons (Fsp3) is 0.294. The monoisotopic (exact) mass is 378 g/mol. The highest BCUT2D eigenvalue weighted by Gasteiger charge is 2.41. The third kappa shape index (κ3) is 3.28. The molecule has 0 spiro atoms. The summed E-state index contributed by atoms with van der Waals surface area (Å²) in [6, 6.07) is 9.30. The molecule has 1 aromatic carbocycles. The summed E-state index contributed by atoms with van der Waals surface area (Å²) in [5.74, 6) is -0.715. The van der Waals surface area contributed by atoms with Crippen molar-refractivity contribution in [3.63, 3.8) is 0 Å². The van der Waals surface area contributed by atoms with Gasteiger partial charge in [-0.15, -0.1) is 0 Å². The van der Waals surface area contributed by atoms with Gasteiger partial charge in [-0.25, -0.2) is 13.1 Å². The maximum absolute atomic E-state index is 12.8. The smallest absolute Gasteiger partial charge is 0.283 e. The average Bonchev–Trinajstić information content (AvgIpc) is 2.61. The van der Waals surface area contributed by atoms with Gasteiger partial charge in [-0.05, 0) is 29.8 Å². The molecule has 0 radical (unpaired) electrons. The van der Waals surface area contributed by atoms with E-state index in [2.05, 4.69) is 4.98 Å². The topological polar surface area (TPSA) is 104 Å². The first kappa shape index (κ1) is 18.3. The van der Waals surface area contributed by atoms with Crippen LogP contribution in [0.25, 0.3) is 0 Å². The summed E-state index contributed by atoms with van der Waals surface area (Å²) < 4.78 is 43.4. The number of amides is 1. The van der Waals surface area contributed by atoms with Crippen LogP contribution < -0.4 is 9.46 Å². The van der Waals surface area contributed by atoms with Crippen LogP contribution in [0.3, 0.4) is 0 Å². The average molecular weight is 378 g/mol. The lowest BCUT2D eigenvalue weighted by atomic mass is 9.92. The van der Waals surface area contributed by atoms with Crippen molar-refractivity contribution in [2.45, 2.75) is 10.5 Å². The van der Waals surface area contributed by atoms with E-state index in [1.165, 1.54) is 38.6 Å². The standard InChI is InChI=1S/C17H18N2O6S/c1-23-14-7-6-12(17(24-2)10-25-11-17)9-15(14)26(21,22)19-16(20)13-5-3-4-8-18-13/h3-9H,10-11H2,1-2H3,(H,19,20). The lowest BCUT2D eigenvalue weighted by Crippen LogP contribution is -2.48. The Morgan fingerprint density at radius 2 is 2.00 bits per heavy atom. The molecule has 8 nitrogen and oxygen atoms in total. The molecular formula is C17H18N2O6S. The van der Waals surface area contributed by atoms with Crippen LogP contribution in [-0.2, 0) is 25.1 Å². The first-order valence-electron chi connectivity index (χ1n) is 7.71. The maximum Gasteiger partial charge on any atom is 0.283 e. The van der Waals surface area contributed by atoms with Gasteiger partial charge >= 0.3 is 0 Å². The molecule has 0 aliphatic carbocycles. The molecule has 1 aliphatic heterocycles. The number of sulfonamides is 1. The van der Waals surface area contributed by atoms with Gasteiger partial charge in [0.05, 0.1) is 20.3 Å². The summed E-state index contributed by atoms with van der Waals surface area (Å²) in [7, 11) is -1.30. The predicted molar refractivity (Wildman–Crippen MR) is 91.4 cm³/mol. The molecule has 0 bridgehead atoms. The van der Waals surface area contributed by atoms with E-state index in [1.807, 2.05) is 4.72 Å². The minimum atomic E-state index is -4.19. The van der Waals surface area contributed by atoms with Crippen molar-refractivity contribution in [1.29, 1.82) is 0 Å². The van der Waals surface area contributed by atoms with Crippen molar-refractivity contribution in [3.05, 3.63) is 53.9 Å². The van der Waals surface area contributed by atoms with Gasteiger partial charge in [0.25, 0.3) is 15.9 Å². The van der Waals surface area contributed by atoms with Crippen LogP contribution in [0.4, 0.5) is 0 Å². The fourth-order valence-corrected chi connectivity index (χ4v) is 3.74. The lowest BCUT2D eigenvalue weighted by Gasteiger charge is -2.40. The molecule has 1 N–H and O–H groups in total. The Morgan fingerprint density at radius 3 is 2.54 bits per heavy atom. The van der Waals surface area contributed by atoms with Crippen molar-refractivity contribution in [1.82, 2.24) is 9.71 Å². The number of rotatable bonds is 6. The number of aromatic nitrogens is 1. The zero-order chi connectivity index (χ0) is 18.8. The number of nitrogens with zero attached hydrogens (tertiary/aromatic N) is 1. The van der Waals surface area contributed by atoms with Crippen LogP contribution in [0.1, 0.15) is 16.1 Å². The molecule has 1 aliphatic rings. The molecule has 0 saturated carbocycles. The molecule has 2 heterocycles. The Hall–Kier alpha value is -2.49. The molecule has 2 aromatic rings. The molecule has 138 valence electrons. The summed E-state index contributed by atoms with van der Waals surface area (Å²) in [5, 5.41) is 0. The number of pyridine rings is 1. The van der Waals surface area contributed by atoms with Crippen molar-refractivity contribution in [2.75, 3.05) is 27.4 Å². The Balaban J connectivity index is 1.97. The Kier molecular flexibility index (Phi) is 4.94.